The summed E-state index contributed by atoms with van der Waals surface area (Å²) in [6, 6.07) is 8.82. The van der Waals surface area contributed by atoms with Crippen molar-refractivity contribution in [2.45, 2.75) is 42.7 Å². The first-order valence-electron chi connectivity index (χ1n) is 7.06. The van der Waals surface area contributed by atoms with Gasteiger partial charge in [-0.15, -0.1) is 0 Å². The second-order valence-corrected chi connectivity index (χ2v) is 8.18. The average molecular weight is 324 g/mol. The number of nitriles is 1. The van der Waals surface area contributed by atoms with Crippen LogP contribution in [0.15, 0.2) is 24.3 Å². The van der Waals surface area contributed by atoms with Crippen molar-refractivity contribution in [3.05, 3.63) is 35.4 Å². The van der Waals surface area contributed by atoms with E-state index in [1.54, 1.807) is 36.0 Å². The largest absolute Gasteiger partial charge is 0.216 e. The van der Waals surface area contributed by atoms with E-state index in [0.717, 1.165) is 19.3 Å². The number of sulfonamides is 1. The van der Waals surface area contributed by atoms with E-state index in [1.807, 2.05) is 12.3 Å². The zero-order chi connectivity index (χ0) is 15.3. The molecule has 1 aromatic carbocycles. The minimum Gasteiger partial charge on any atom is -0.212 e. The molecule has 1 saturated carbocycles. The van der Waals surface area contributed by atoms with E-state index in [1.165, 1.54) is 6.42 Å². The van der Waals surface area contributed by atoms with Crippen molar-refractivity contribution < 1.29 is 8.42 Å². The Hall–Kier alpha value is -1.03. The Bertz CT molecular complexity index is 623. The third kappa shape index (κ3) is 4.73. The lowest BCUT2D eigenvalue weighted by Gasteiger charge is -2.30. The van der Waals surface area contributed by atoms with Crippen molar-refractivity contribution in [3.63, 3.8) is 0 Å². The van der Waals surface area contributed by atoms with Crippen LogP contribution in [0.25, 0.3) is 0 Å². The van der Waals surface area contributed by atoms with Gasteiger partial charge in [0.25, 0.3) is 0 Å². The Balaban J connectivity index is 2.06. The van der Waals surface area contributed by atoms with Gasteiger partial charge in [-0.05, 0) is 36.8 Å². The Labute approximate surface area is 131 Å². The van der Waals surface area contributed by atoms with Gasteiger partial charge in [-0.25, -0.2) is 13.1 Å². The number of hydrogen-bond acceptors (Lipinski definition) is 4. The van der Waals surface area contributed by atoms with E-state index in [-0.39, 0.29) is 11.8 Å². The molecule has 0 bridgehead atoms. The average Bonchev–Trinajstić information content (AvgIpc) is 2.47. The third-order valence-electron chi connectivity index (χ3n) is 3.75. The van der Waals surface area contributed by atoms with Crippen molar-refractivity contribution in [1.29, 1.82) is 5.26 Å². The van der Waals surface area contributed by atoms with Gasteiger partial charge in [0.15, 0.2) is 0 Å². The Morgan fingerprint density at radius 3 is 2.86 bits per heavy atom. The minimum absolute atomic E-state index is 0.0258. The monoisotopic (exact) mass is 324 g/mol. The molecule has 0 amide bonds. The molecule has 0 spiro atoms. The van der Waals surface area contributed by atoms with Gasteiger partial charge in [0.2, 0.25) is 10.0 Å². The van der Waals surface area contributed by atoms with Crippen molar-refractivity contribution in [2.24, 2.45) is 0 Å². The molecule has 2 atom stereocenters. The maximum absolute atomic E-state index is 12.3. The molecule has 114 valence electrons. The normalized spacial score (nSPS) is 22.7. The van der Waals surface area contributed by atoms with Gasteiger partial charge in [-0.3, -0.25) is 0 Å². The molecule has 0 aliphatic heterocycles. The molecule has 6 heteroatoms. The van der Waals surface area contributed by atoms with Gasteiger partial charge in [0.1, 0.15) is 0 Å². The van der Waals surface area contributed by atoms with Crippen molar-refractivity contribution in [2.75, 3.05) is 6.26 Å². The fourth-order valence-corrected chi connectivity index (χ4v) is 5.20. The molecule has 1 aromatic rings. The molecular formula is C15H20N2O2S2. The summed E-state index contributed by atoms with van der Waals surface area (Å²) < 4.78 is 27.5. The van der Waals surface area contributed by atoms with Gasteiger partial charge >= 0.3 is 0 Å². The lowest BCUT2D eigenvalue weighted by molar-refractivity contribution is 0.423. The molecule has 2 rings (SSSR count). The zero-order valence-corrected chi connectivity index (χ0v) is 13.7. The van der Waals surface area contributed by atoms with Crippen LogP contribution in [0.2, 0.25) is 0 Å². The van der Waals surface area contributed by atoms with Crippen LogP contribution >= 0.6 is 11.8 Å². The van der Waals surface area contributed by atoms with E-state index in [0.29, 0.717) is 16.4 Å². The SMILES string of the molecule is CSC1CCCCC1NS(=O)(=O)Cc1cccc(C#N)c1. The molecule has 1 N–H and O–H groups in total. The van der Waals surface area contributed by atoms with E-state index >= 15 is 0 Å². The first kappa shape index (κ1) is 16.3. The Kier molecular flexibility index (Phi) is 5.68. The van der Waals surface area contributed by atoms with E-state index in [4.69, 9.17) is 5.26 Å². The third-order valence-corrected chi connectivity index (χ3v) is 6.29. The molecule has 4 nitrogen and oxygen atoms in total. The highest BCUT2D eigenvalue weighted by molar-refractivity contribution is 7.99. The maximum Gasteiger partial charge on any atom is 0.216 e. The van der Waals surface area contributed by atoms with Crippen molar-refractivity contribution in [1.82, 2.24) is 4.72 Å². The molecule has 0 heterocycles. The molecule has 21 heavy (non-hydrogen) atoms. The van der Waals surface area contributed by atoms with Crippen LogP contribution in [0.3, 0.4) is 0 Å². The molecule has 0 saturated heterocycles. The summed E-state index contributed by atoms with van der Waals surface area (Å²) in [6.45, 7) is 0. The second kappa shape index (κ2) is 7.30. The fourth-order valence-electron chi connectivity index (χ4n) is 2.74. The summed E-state index contributed by atoms with van der Waals surface area (Å²) in [5.74, 6) is -0.0693. The minimum atomic E-state index is -3.37. The molecule has 1 aliphatic carbocycles. The highest BCUT2D eigenvalue weighted by atomic mass is 32.2. The number of thioether (sulfide) groups is 1. The summed E-state index contributed by atoms with van der Waals surface area (Å²) in [5.41, 5.74) is 1.14. The first-order chi connectivity index (χ1) is 10.0. The van der Waals surface area contributed by atoms with Gasteiger partial charge in [0, 0.05) is 11.3 Å². The smallest absolute Gasteiger partial charge is 0.212 e. The van der Waals surface area contributed by atoms with Crippen LogP contribution in [0, 0.1) is 11.3 Å². The quantitative estimate of drug-likeness (QED) is 0.904. The molecule has 0 aromatic heterocycles. The lowest BCUT2D eigenvalue weighted by atomic mass is 9.96. The standard InChI is InChI=1S/C15H20N2O2S2/c1-20-15-8-3-2-7-14(15)17-21(18,19)11-13-6-4-5-12(9-13)10-16/h4-6,9,14-15,17H,2-3,7-8,11H2,1H3. The van der Waals surface area contributed by atoms with Crippen LogP contribution in [0.4, 0.5) is 0 Å². The summed E-state index contributed by atoms with van der Waals surface area (Å²) >= 11 is 1.74. The van der Waals surface area contributed by atoms with Crippen LogP contribution in [-0.2, 0) is 15.8 Å². The summed E-state index contributed by atoms with van der Waals surface area (Å²) in [4.78, 5) is 0. The highest BCUT2D eigenvalue weighted by Gasteiger charge is 2.28. The summed E-state index contributed by atoms with van der Waals surface area (Å²) in [5, 5.41) is 9.23. The van der Waals surface area contributed by atoms with Crippen LogP contribution in [0.5, 0.6) is 0 Å². The predicted octanol–water partition coefficient (Wildman–Crippen LogP) is 2.65. The van der Waals surface area contributed by atoms with Gasteiger partial charge in [0.05, 0.1) is 17.4 Å². The zero-order valence-electron chi connectivity index (χ0n) is 12.1. The van der Waals surface area contributed by atoms with Gasteiger partial charge in [-0.2, -0.15) is 17.0 Å². The maximum atomic E-state index is 12.3. The van der Waals surface area contributed by atoms with Crippen LogP contribution < -0.4 is 4.72 Å². The molecule has 1 fully saturated rings. The summed E-state index contributed by atoms with van der Waals surface area (Å²) in [6.07, 6.45) is 6.26. The first-order valence-corrected chi connectivity index (χ1v) is 10.00. The Morgan fingerprint density at radius 2 is 2.14 bits per heavy atom. The summed E-state index contributed by atoms with van der Waals surface area (Å²) in [7, 11) is -3.37. The van der Waals surface area contributed by atoms with Crippen LogP contribution in [-0.4, -0.2) is 26.0 Å². The van der Waals surface area contributed by atoms with E-state index < -0.39 is 10.0 Å². The lowest BCUT2D eigenvalue weighted by Crippen LogP contribution is -2.44. The molecule has 1 aliphatic rings. The molecule has 2 unspecified atom stereocenters. The number of nitrogens with zero attached hydrogens (tertiary/aromatic N) is 1. The van der Waals surface area contributed by atoms with E-state index in [9.17, 15) is 8.42 Å². The number of nitrogens with one attached hydrogen (secondary N) is 1. The van der Waals surface area contributed by atoms with E-state index in [2.05, 4.69) is 4.72 Å². The van der Waals surface area contributed by atoms with Crippen LogP contribution in [0.1, 0.15) is 36.8 Å². The fraction of sp³-hybridized carbons (Fsp3) is 0.533. The predicted molar refractivity (Wildman–Crippen MR) is 86.5 cm³/mol. The van der Waals surface area contributed by atoms with Gasteiger partial charge in [-0.1, -0.05) is 25.0 Å². The highest BCUT2D eigenvalue weighted by Crippen LogP contribution is 2.27. The second-order valence-electron chi connectivity index (χ2n) is 5.35. The van der Waals surface area contributed by atoms with Crippen molar-refractivity contribution >= 4 is 21.8 Å². The van der Waals surface area contributed by atoms with Gasteiger partial charge < -0.3 is 0 Å². The number of benzene rings is 1. The number of hydrogen-bond donors (Lipinski definition) is 1. The molecular weight excluding hydrogens is 304 g/mol. The number of rotatable bonds is 5. The molecule has 0 radical (unpaired) electrons. The Morgan fingerprint density at radius 1 is 1.38 bits per heavy atom. The topological polar surface area (TPSA) is 70.0 Å². The van der Waals surface area contributed by atoms with Crippen molar-refractivity contribution in [3.8, 4) is 6.07 Å².